The van der Waals surface area contributed by atoms with Gasteiger partial charge in [-0.15, -0.1) is 0 Å². The smallest absolute Gasteiger partial charge is 0.416 e. The predicted molar refractivity (Wildman–Crippen MR) is 94.8 cm³/mol. The Labute approximate surface area is 164 Å². The molecule has 27 heavy (non-hydrogen) atoms. The Morgan fingerprint density at radius 3 is 2.67 bits per heavy atom. The highest BCUT2D eigenvalue weighted by Crippen LogP contribution is 2.36. The molecule has 1 atom stereocenters. The van der Waals surface area contributed by atoms with E-state index in [-0.39, 0.29) is 21.4 Å². The highest BCUT2D eigenvalue weighted by molar-refractivity contribution is 9.10. The molecule has 2 heterocycles. The van der Waals surface area contributed by atoms with Crippen LogP contribution < -0.4 is 0 Å². The summed E-state index contributed by atoms with van der Waals surface area (Å²) in [5, 5.41) is 19.9. The first-order chi connectivity index (χ1) is 13.8. The van der Waals surface area contributed by atoms with Crippen LogP contribution in [0.3, 0.4) is 0 Å². The summed E-state index contributed by atoms with van der Waals surface area (Å²) in [5.74, 6) is -1.84. The Balaban J connectivity index is 2.39. The Morgan fingerprint density at radius 1 is 1.41 bits per heavy atom. The molecule has 0 bridgehead atoms. The number of aliphatic hydroxyl groups excluding tert-OH is 1. The fourth-order valence-electron chi connectivity index (χ4n) is 2.63. The molecule has 0 saturated carbocycles. The fourth-order valence-corrected chi connectivity index (χ4v) is 3.09. The second kappa shape index (κ2) is 6.65. The zero-order valence-corrected chi connectivity index (χ0v) is 15.5. The summed E-state index contributed by atoms with van der Waals surface area (Å²) in [6.45, 7) is 2.49. The number of hydrogen-bond donors (Lipinski definition) is 2. The number of aromatic nitrogens is 2. The topological polar surface area (TPSA) is 74.8 Å². The number of hydrogen-bond acceptors (Lipinski definition) is 4. The summed E-state index contributed by atoms with van der Waals surface area (Å²) in [6, 6.07) is 0.405. The van der Waals surface area contributed by atoms with Gasteiger partial charge in [-0.3, -0.25) is 9.20 Å². The van der Waals surface area contributed by atoms with Crippen LogP contribution in [0.25, 0.3) is 5.65 Å². The van der Waals surface area contributed by atoms with E-state index in [2.05, 4.69) is 20.9 Å². The van der Waals surface area contributed by atoms with Crippen molar-refractivity contribution < 1.29 is 32.3 Å². The minimum atomic E-state index is -4.73. The molecule has 0 fully saturated rings. The summed E-state index contributed by atoms with van der Waals surface area (Å²) in [7, 11) is 0. The fraction of sp³-hybridized carbons (Fsp3) is 0.222. The molecular formula is C18H14BrF3N2O3. The molecule has 0 radical (unpaired) electrons. The van der Waals surface area contributed by atoms with Gasteiger partial charge in [0.15, 0.2) is 0 Å². The normalized spacial score (nSPS) is 14.7. The third-order valence-corrected chi connectivity index (χ3v) is 4.77. The van der Waals surface area contributed by atoms with Gasteiger partial charge in [-0.2, -0.15) is 13.2 Å². The molecule has 0 aliphatic carbocycles. The molecule has 0 saturated heterocycles. The van der Waals surface area contributed by atoms with E-state index in [0.29, 0.717) is 6.07 Å². The number of nitrogens with zero attached hydrogens (tertiary/aromatic N) is 2. The first kappa shape index (κ1) is 15.6. The van der Waals surface area contributed by atoms with Crippen molar-refractivity contribution in [2.45, 2.75) is 26.1 Å². The molecule has 9 heteroatoms. The predicted octanol–water partition coefficient (Wildman–Crippen LogP) is 4.41. The maximum atomic E-state index is 13.4. The molecule has 142 valence electrons. The molecule has 0 amide bonds. The van der Waals surface area contributed by atoms with Gasteiger partial charge in [-0.25, -0.2) is 4.98 Å². The van der Waals surface area contributed by atoms with Crippen molar-refractivity contribution >= 4 is 27.4 Å². The highest BCUT2D eigenvalue weighted by Gasteiger charge is 2.35. The molecule has 2 N–H and O–H groups in total. The average Bonchev–Trinajstić information content (AvgIpc) is 3.06. The maximum Gasteiger partial charge on any atom is 0.416 e. The Hall–Kier alpha value is -2.39. The standard InChI is InChI=1S/C18H14BrF3N2O3/c1-8-12(18(20,21)22)5-10(6-13(8)19)17(27)16-15(9(2)25)23-14-7-11(26)3-4-24(14)16/h3-7,9,25-26H,1-2H3/i3D,4D,7D. The van der Waals surface area contributed by atoms with Crippen LogP contribution in [0.2, 0.25) is 0 Å². The third kappa shape index (κ3) is 3.44. The summed E-state index contributed by atoms with van der Waals surface area (Å²) in [5.41, 5.74) is -2.70. The molecule has 3 aromatic rings. The van der Waals surface area contributed by atoms with Crippen molar-refractivity contribution in [2.24, 2.45) is 0 Å². The molecule has 2 aromatic heterocycles. The first-order valence-electron chi connectivity index (χ1n) is 9.08. The van der Waals surface area contributed by atoms with Crippen LogP contribution in [0.15, 0.2) is 34.9 Å². The number of alkyl halides is 3. The molecule has 3 rings (SSSR count). The van der Waals surface area contributed by atoms with E-state index < -0.39 is 58.9 Å². The van der Waals surface area contributed by atoms with E-state index in [1.54, 1.807) is 0 Å². The zero-order chi connectivity index (χ0) is 22.7. The Bertz CT molecular complexity index is 1210. The zero-order valence-electron chi connectivity index (χ0n) is 16.9. The van der Waals surface area contributed by atoms with Crippen molar-refractivity contribution in [1.29, 1.82) is 0 Å². The Morgan fingerprint density at radius 2 is 2.07 bits per heavy atom. The van der Waals surface area contributed by atoms with Crippen LogP contribution >= 0.6 is 15.9 Å². The van der Waals surface area contributed by atoms with Crippen molar-refractivity contribution in [3.05, 3.63) is 62.9 Å². The van der Waals surface area contributed by atoms with Crippen molar-refractivity contribution in [3.8, 4) is 5.75 Å². The number of aliphatic hydroxyl groups is 1. The summed E-state index contributed by atoms with van der Waals surface area (Å²) in [4.78, 5) is 17.2. The van der Waals surface area contributed by atoms with E-state index in [1.807, 2.05) is 0 Å². The van der Waals surface area contributed by atoms with Crippen LogP contribution in [0.1, 0.15) is 50.0 Å². The SMILES string of the molecule is [2H]c1c(O)c([2H])c2nc(C(C)O)c(C(=O)c3cc(Br)c(C)c(C(F)(F)F)c3)n2c1[2H]. The average molecular weight is 446 g/mol. The van der Waals surface area contributed by atoms with Gasteiger partial charge in [-0.05, 0) is 37.6 Å². The molecule has 1 aromatic carbocycles. The number of ketones is 1. The van der Waals surface area contributed by atoms with E-state index >= 15 is 0 Å². The Kier molecular flexibility index (Phi) is 3.85. The maximum absolute atomic E-state index is 13.4. The molecule has 1 unspecified atom stereocenters. The van der Waals surface area contributed by atoms with E-state index in [0.717, 1.165) is 4.40 Å². The summed E-state index contributed by atoms with van der Waals surface area (Å²) in [6.07, 6.45) is -6.82. The van der Waals surface area contributed by atoms with E-state index in [9.17, 15) is 28.2 Å². The minimum Gasteiger partial charge on any atom is -0.508 e. The molecule has 5 nitrogen and oxygen atoms in total. The van der Waals surface area contributed by atoms with Crippen molar-refractivity contribution in [3.63, 3.8) is 0 Å². The van der Waals surface area contributed by atoms with Gasteiger partial charge in [0.05, 0.1) is 21.5 Å². The number of carbonyl (C=O) groups is 1. The second-order valence-corrected chi connectivity index (χ2v) is 6.70. The van der Waals surface area contributed by atoms with Gasteiger partial charge >= 0.3 is 6.18 Å². The number of pyridine rings is 1. The number of benzene rings is 1. The third-order valence-electron chi connectivity index (χ3n) is 3.94. The van der Waals surface area contributed by atoms with Gasteiger partial charge in [0.2, 0.25) is 5.78 Å². The molecule has 0 aliphatic rings. The van der Waals surface area contributed by atoms with Crippen LogP contribution in [-0.4, -0.2) is 25.4 Å². The minimum absolute atomic E-state index is 0.0270. The van der Waals surface area contributed by atoms with Crippen LogP contribution in [0, 0.1) is 6.92 Å². The first-order valence-corrected chi connectivity index (χ1v) is 8.37. The van der Waals surface area contributed by atoms with Gasteiger partial charge in [0, 0.05) is 22.3 Å². The van der Waals surface area contributed by atoms with Gasteiger partial charge in [0.25, 0.3) is 0 Å². The lowest BCUT2D eigenvalue weighted by Crippen LogP contribution is -2.14. The molecule has 0 aliphatic heterocycles. The lowest BCUT2D eigenvalue weighted by Gasteiger charge is -2.14. The monoisotopic (exact) mass is 445 g/mol. The van der Waals surface area contributed by atoms with Gasteiger partial charge < -0.3 is 10.2 Å². The number of rotatable bonds is 3. The second-order valence-electron chi connectivity index (χ2n) is 5.85. The number of imidazole rings is 1. The number of carbonyl (C=O) groups excluding carboxylic acids is 1. The lowest BCUT2D eigenvalue weighted by atomic mass is 9.99. The summed E-state index contributed by atoms with van der Waals surface area (Å²) < 4.78 is 64.7. The van der Waals surface area contributed by atoms with Crippen molar-refractivity contribution in [2.75, 3.05) is 0 Å². The van der Waals surface area contributed by atoms with Crippen LogP contribution in [-0.2, 0) is 6.18 Å². The van der Waals surface area contributed by atoms with Crippen LogP contribution in [0.4, 0.5) is 13.2 Å². The highest BCUT2D eigenvalue weighted by atomic mass is 79.9. The number of aromatic hydroxyl groups is 1. The lowest BCUT2D eigenvalue weighted by molar-refractivity contribution is -0.138. The summed E-state index contributed by atoms with van der Waals surface area (Å²) >= 11 is 3.01. The van der Waals surface area contributed by atoms with Crippen molar-refractivity contribution in [1.82, 2.24) is 9.38 Å². The largest absolute Gasteiger partial charge is 0.508 e. The van der Waals surface area contributed by atoms with E-state index in [1.165, 1.54) is 19.9 Å². The molecular weight excluding hydrogens is 429 g/mol. The molecule has 0 spiro atoms. The quantitative estimate of drug-likeness (QED) is 0.585. The van der Waals surface area contributed by atoms with Gasteiger partial charge in [-0.1, -0.05) is 15.9 Å². The van der Waals surface area contributed by atoms with E-state index in [4.69, 9.17) is 4.11 Å². The van der Waals surface area contributed by atoms with Gasteiger partial charge in [0.1, 0.15) is 17.1 Å². The number of halogens is 4. The van der Waals surface area contributed by atoms with Crippen LogP contribution in [0.5, 0.6) is 5.75 Å². The number of fused-ring (bicyclic) bond motifs is 1.